The third-order valence-corrected chi connectivity index (χ3v) is 5.01. The van der Waals surface area contributed by atoms with Crippen molar-refractivity contribution in [1.82, 2.24) is 15.0 Å². The van der Waals surface area contributed by atoms with Crippen molar-refractivity contribution in [2.24, 2.45) is 0 Å². The molecule has 2 N–H and O–H groups in total. The number of morpholine rings is 1. The first-order valence-corrected chi connectivity index (χ1v) is 10.4. The predicted molar refractivity (Wildman–Crippen MR) is 117 cm³/mol. The number of H-pyrrole nitrogens is 1. The number of ether oxygens (including phenoxy) is 2. The van der Waals surface area contributed by atoms with Gasteiger partial charge in [0.25, 0.3) is 5.56 Å². The van der Waals surface area contributed by atoms with E-state index in [1.807, 2.05) is 18.7 Å². The molecule has 1 aliphatic heterocycles. The summed E-state index contributed by atoms with van der Waals surface area (Å²) in [6, 6.07) is 6.56. The number of nitrogens with one attached hydrogen (secondary N) is 2. The minimum Gasteiger partial charge on any atom is -0.406 e. The molecule has 1 saturated heterocycles. The van der Waals surface area contributed by atoms with Crippen LogP contribution >= 0.6 is 0 Å². The molecule has 0 spiro atoms. The normalized spacial score (nSPS) is 18.6. The molecular formula is C22H21F4N5O3. The summed E-state index contributed by atoms with van der Waals surface area (Å²) in [5.74, 6) is -1.02. The lowest BCUT2D eigenvalue weighted by atomic mass is 10.1. The number of benzene rings is 1. The van der Waals surface area contributed by atoms with E-state index in [0.717, 1.165) is 18.3 Å². The minimum absolute atomic E-state index is 0.000353. The number of alkyl halides is 3. The molecule has 8 nitrogen and oxygen atoms in total. The second-order valence-electron chi connectivity index (χ2n) is 7.86. The summed E-state index contributed by atoms with van der Waals surface area (Å²) in [6.07, 6.45) is -2.49. The Morgan fingerprint density at radius 1 is 1.15 bits per heavy atom. The van der Waals surface area contributed by atoms with Gasteiger partial charge in [0, 0.05) is 24.8 Å². The van der Waals surface area contributed by atoms with Gasteiger partial charge in [-0.25, -0.2) is 9.37 Å². The highest BCUT2D eigenvalue weighted by Gasteiger charge is 2.31. The molecule has 180 valence electrons. The Morgan fingerprint density at radius 3 is 2.47 bits per heavy atom. The Bertz CT molecular complexity index is 1210. The smallest absolute Gasteiger partial charge is 0.406 e. The highest BCUT2D eigenvalue weighted by molar-refractivity contribution is 5.69. The van der Waals surface area contributed by atoms with Crippen LogP contribution in [0.1, 0.15) is 13.8 Å². The number of pyridine rings is 1. The van der Waals surface area contributed by atoms with Gasteiger partial charge in [-0.15, -0.1) is 13.2 Å². The van der Waals surface area contributed by atoms with Crippen LogP contribution in [0.2, 0.25) is 0 Å². The van der Waals surface area contributed by atoms with Crippen molar-refractivity contribution in [3.05, 3.63) is 58.9 Å². The number of halogens is 4. The van der Waals surface area contributed by atoms with E-state index in [2.05, 4.69) is 25.0 Å². The summed E-state index contributed by atoms with van der Waals surface area (Å²) in [4.78, 5) is 25.0. The molecule has 0 amide bonds. The summed E-state index contributed by atoms with van der Waals surface area (Å²) < 4.78 is 61.1. The van der Waals surface area contributed by atoms with Crippen LogP contribution in [0.4, 0.5) is 35.0 Å². The Labute approximate surface area is 191 Å². The molecule has 3 heterocycles. The Balaban J connectivity index is 1.58. The van der Waals surface area contributed by atoms with Crippen molar-refractivity contribution in [1.29, 1.82) is 0 Å². The van der Waals surface area contributed by atoms with Gasteiger partial charge < -0.3 is 24.7 Å². The molecule has 0 unspecified atom stereocenters. The number of anilines is 3. The zero-order valence-electron chi connectivity index (χ0n) is 18.2. The van der Waals surface area contributed by atoms with E-state index in [4.69, 9.17) is 4.74 Å². The standard InChI is InChI=1S/C22H21F4N5O3/c1-12-10-31(11-13(2)33-12)21-28-9-17(23)19(30-21)29-18-7-15(8-27-20(18)32)14-3-5-16(6-4-14)34-22(24,25)26/h3-9,12-13H,10-11H2,1-2H3,(H,27,32)(H,28,29,30)/t12-,13+. The first kappa shape index (κ1) is 23.5. The average molecular weight is 479 g/mol. The van der Waals surface area contributed by atoms with E-state index in [9.17, 15) is 22.4 Å². The molecule has 1 fully saturated rings. The van der Waals surface area contributed by atoms with Gasteiger partial charge in [-0.3, -0.25) is 4.79 Å². The molecule has 1 aromatic carbocycles. The van der Waals surface area contributed by atoms with Gasteiger partial charge >= 0.3 is 6.36 Å². The van der Waals surface area contributed by atoms with Crippen LogP contribution in [0, 0.1) is 5.82 Å². The quantitative estimate of drug-likeness (QED) is 0.529. The van der Waals surface area contributed by atoms with Crippen LogP contribution in [-0.4, -0.2) is 46.6 Å². The van der Waals surface area contributed by atoms with E-state index < -0.39 is 17.7 Å². The van der Waals surface area contributed by atoms with E-state index in [1.54, 1.807) is 0 Å². The van der Waals surface area contributed by atoms with Crippen LogP contribution in [0.25, 0.3) is 11.1 Å². The highest BCUT2D eigenvalue weighted by atomic mass is 19.4. The lowest BCUT2D eigenvalue weighted by Crippen LogP contribution is -2.46. The SMILES string of the molecule is C[C@@H]1CN(c2ncc(F)c(Nc3cc(-c4ccc(OC(F)(F)F)cc4)c[nH]c3=O)n2)C[C@H](C)O1. The molecule has 2 aromatic heterocycles. The lowest BCUT2D eigenvalue weighted by Gasteiger charge is -2.35. The lowest BCUT2D eigenvalue weighted by molar-refractivity contribution is -0.274. The van der Waals surface area contributed by atoms with Crippen molar-refractivity contribution in [2.45, 2.75) is 32.4 Å². The Morgan fingerprint density at radius 2 is 1.82 bits per heavy atom. The molecule has 4 rings (SSSR count). The van der Waals surface area contributed by atoms with Crippen molar-refractivity contribution < 1.29 is 27.0 Å². The second kappa shape index (κ2) is 9.29. The largest absolute Gasteiger partial charge is 0.573 e. The average Bonchev–Trinajstić information content (AvgIpc) is 2.75. The monoisotopic (exact) mass is 479 g/mol. The maximum absolute atomic E-state index is 14.5. The first-order chi connectivity index (χ1) is 16.1. The molecule has 0 saturated carbocycles. The summed E-state index contributed by atoms with van der Waals surface area (Å²) in [6.45, 7) is 4.88. The minimum atomic E-state index is -4.80. The van der Waals surface area contributed by atoms with E-state index in [0.29, 0.717) is 30.2 Å². The molecule has 0 aliphatic carbocycles. The molecule has 0 bridgehead atoms. The number of hydrogen-bond acceptors (Lipinski definition) is 7. The van der Waals surface area contributed by atoms with E-state index in [-0.39, 0.29) is 29.5 Å². The number of nitrogens with zero attached hydrogens (tertiary/aromatic N) is 3. The van der Waals surface area contributed by atoms with Gasteiger partial charge in [0.1, 0.15) is 11.4 Å². The molecule has 34 heavy (non-hydrogen) atoms. The maximum Gasteiger partial charge on any atom is 0.573 e. The summed E-state index contributed by atoms with van der Waals surface area (Å²) >= 11 is 0. The fraction of sp³-hybridized carbons (Fsp3) is 0.318. The zero-order chi connectivity index (χ0) is 24.5. The Hall–Kier alpha value is -3.67. The number of aromatic amines is 1. The third-order valence-electron chi connectivity index (χ3n) is 5.01. The van der Waals surface area contributed by atoms with Crippen molar-refractivity contribution in [3.63, 3.8) is 0 Å². The highest BCUT2D eigenvalue weighted by Crippen LogP contribution is 2.28. The molecular weight excluding hydrogens is 458 g/mol. The third kappa shape index (κ3) is 5.63. The second-order valence-corrected chi connectivity index (χ2v) is 7.86. The van der Waals surface area contributed by atoms with Crippen LogP contribution in [0.3, 0.4) is 0 Å². The number of rotatable bonds is 5. The van der Waals surface area contributed by atoms with Crippen LogP contribution in [0.5, 0.6) is 5.75 Å². The molecule has 2 atom stereocenters. The predicted octanol–water partition coefficient (Wildman–Crippen LogP) is 4.23. The summed E-state index contributed by atoms with van der Waals surface area (Å²) in [5, 5.41) is 2.69. The molecule has 12 heteroatoms. The summed E-state index contributed by atoms with van der Waals surface area (Å²) in [5.41, 5.74) is 0.453. The van der Waals surface area contributed by atoms with Gasteiger partial charge in [0.15, 0.2) is 11.6 Å². The van der Waals surface area contributed by atoms with Crippen LogP contribution in [0.15, 0.2) is 47.5 Å². The fourth-order valence-electron chi connectivity index (χ4n) is 3.66. The van der Waals surface area contributed by atoms with Gasteiger partial charge in [-0.1, -0.05) is 12.1 Å². The summed E-state index contributed by atoms with van der Waals surface area (Å²) in [7, 11) is 0. The van der Waals surface area contributed by atoms with Crippen molar-refractivity contribution in [3.8, 4) is 16.9 Å². The van der Waals surface area contributed by atoms with Crippen LogP contribution < -0.4 is 20.5 Å². The molecule has 3 aromatic rings. The number of hydrogen-bond donors (Lipinski definition) is 2. The fourth-order valence-corrected chi connectivity index (χ4v) is 3.66. The van der Waals surface area contributed by atoms with Crippen molar-refractivity contribution in [2.75, 3.05) is 23.3 Å². The Kier molecular flexibility index (Phi) is 6.42. The topological polar surface area (TPSA) is 92.4 Å². The van der Waals surface area contributed by atoms with Gasteiger partial charge in [-0.2, -0.15) is 4.98 Å². The van der Waals surface area contributed by atoms with Crippen molar-refractivity contribution >= 4 is 17.5 Å². The van der Waals surface area contributed by atoms with E-state index in [1.165, 1.54) is 24.4 Å². The zero-order valence-corrected chi connectivity index (χ0v) is 18.2. The van der Waals surface area contributed by atoms with Gasteiger partial charge in [0.05, 0.1) is 18.4 Å². The first-order valence-electron chi connectivity index (χ1n) is 10.4. The number of aromatic nitrogens is 3. The van der Waals surface area contributed by atoms with Crippen LogP contribution in [-0.2, 0) is 4.74 Å². The molecule has 1 aliphatic rings. The van der Waals surface area contributed by atoms with E-state index >= 15 is 0 Å². The maximum atomic E-state index is 14.5. The van der Waals surface area contributed by atoms with Gasteiger partial charge in [-0.05, 0) is 37.6 Å². The van der Waals surface area contributed by atoms with Gasteiger partial charge in [0.2, 0.25) is 5.95 Å². The molecule has 0 radical (unpaired) electrons.